The third-order valence-electron chi connectivity index (χ3n) is 5.58. The molecule has 2 aromatic heterocycles. The Kier molecular flexibility index (Phi) is 8.24. The number of ether oxygens (including phenoxy) is 2. The van der Waals surface area contributed by atoms with Crippen LogP contribution in [-0.2, 0) is 15.4 Å². The summed E-state index contributed by atoms with van der Waals surface area (Å²) in [4.78, 5) is 16.7. The number of nitrogens with zero attached hydrogens (tertiary/aromatic N) is 4. The van der Waals surface area contributed by atoms with Gasteiger partial charge in [-0.15, -0.1) is 0 Å². The number of sulfonamides is 1. The summed E-state index contributed by atoms with van der Waals surface area (Å²) in [6, 6.07) is 13.7. The average molecular weight is 554 g/mol. The minimum absolute atomic E-state index is 0.0188. The van der Waals surface area contributed by atoms with E-state index in [0.29, 0.717) is 0 Å². The van der Waals surface area contributed by atoms with Crippen LogP contribution in [0.15, 0.2) is 71.9 Å². The van der Waals surface area contributed by atoms with E-state index in [1.807, 2.05) is 13.8 Å². The highest BCUT2D eigenvalue weighted by atomic mass is 32.2. The third-order valence-corrected chi connectivity index (χ3v) is 6.93. The van der Waals surface area contributed by atoms with Crippen molar-refractivity contribution < 1.29 is 33.2 Å². The van der Waals surface area contributed by atoms with E-state index in [2.05, 4.69) is 24.7 Å². The molecule has 4 rings (SSSR count). The van der Waals surface area contributed by atoms with Crippen molar-refractivity contribution in [3.63, 3.8) is 0 Å². The third kappa shape index (κ3) is 6.39. The molecule has 0 aliphatic heterocycles. The minimum atomic E-state index is -4.23. The van der Waals surface area contributed by atoms with Gasteiger partial charge in [0.1, 0.15) is 6.61 Å². The van der Waals surface area contributed by atoms with Gasteiger partial charge in [-0.2, -0.15) is 4.98 Å². The molecule has 0 atom stereocenters. The number of phenolic OH excluding ortho intramolecular Hbond substituents is 1. The van der Waals surface area contributed by atoms with Gasteiger partial charge in [0, 0.05) is 17.8 Å². The van der Waals surface area contributed by atoms with Crippen LogP contribution in [0, 0.1) is 0 Å². The quantitative estimate of drug-likeness (QED) is 0.215. The lowest BCUT2D eigenvalue weighted by molar-refractivity contribution is 0.192. The molecule has 39 heavy (non-hydrogen) atoms. The Morgan fingerprint density at radius 1 is 0.923 bits per heavy atom. The van der Waals surface area contributed by atoms with Gasteiger partial charge in [0.15, 0.2) is 23.1 Å². The molecule has 4 N–H and O–H groups in total. The van der Waals surface area contributed by atoms with Crippen molar-refractivity contribution in [2.24, 2.45) is 0 Å². The number of hydrogen-bond acceptors (Lipinski definition) is 11. The first-order valence-electron chi connectivity index (χ1n) is 11.8. The molecule has 0 aliphatic carbocycles. The number of aromatic nitrogens is 4. The van der Waals surface area contributed by atoms with E-state index in [0.717, 1.165) is 5.56 Å². The molecule has 0 amide bonds. The topological polar surface area (TPSA) is 177 Å². The number of benzene rings is 2. The van der Waals surface area contributed by atoms with Gasteiger partial charge < -0.3 is 24.8 Å². The smallest absolute Gasteiger partial charge is 0.263 e. The zero-order chi connectivity index (χ0) is 28.0. The minimum Gasteiger partial charge on any atom is -0.504 e. The van der Waals surface area contributed by atoms with Gasteiger partial charge in [0.25, 0.3) is 15.9 Å². The van der Waals surface area contributed by atoms with Crippen molar-refractivity contribution in [1.29, 1.82) is 0 Å². The van der Waals surface area contributed by atoms with Gasteiger partial charge in [-0.3, -0.25) is 4.72 Å². The lowest BCUT2D eigenvalue weighted by atomic mass is 9.86. The Hall–Kier alpha value is -4.33. The number of hydrogen-bond donors (Lipinski definition) is 4. The van der Waals surface area contributed by atoms with E-state index < -0.39 is 15.4 Å². The monoisotopic (exact) mass is 553 g/mol. The van der Waals surface area contributed by atoms with Crippen molar-refractivity contribution in [3.05, 3.63) is 72.6 Å². The molecule has 2 heterocycles. The summed E-state index contributed by atoms with van der Waals surface area (Å²) < 4.78 is 40.7. The van der Waals surface area contributed by atoms with Crippen LogP contribution in [-0.4, -0.2) is 63.5 Å². The number of aromatic hydroxyl groups is 1. The first-order valence-corrected chi connectivity index (χ1v) is 13.3. The molecule has 0 spiro atoms. The average Bonchev–Trinajstić information content (AvgIpc) is 2.94. The molecular weight excluding hydrogens is 526 g/mol. The lowest BCUT2D eigenvalue weighted by Crippen LogP contribution is -2.22. The fourth-order valence-corrected chi connectivity index (χ4v) is 4.37. The van der Waals surface area contributed by atoms with Gasteiger partial charge in [-0.25, -0.2) is 23.4 Å². The molecule has 0 fully saturated rings. The van der Waals surface area contributed by atoms with Gasteiger partial charge in [0.05, 0.1) is 18.1 Å². The summed E-state index contributed by atoms with van der Waals surface area (Å²) in [6.07, 6.45) is 2.93. The predicted molar refractivity (Wildman–Crippen MR) is 141 cm³/mol. The fraction of sp³-hybridized carbons (Fsp3) is 0.231. The second kappa shape index (κ2) is 11.6. The normalized spacial score (nSPS) is 11.7. The molecular formula is C26H27N5O7S. The molecule has 204 valence electrons. The number of rotatable bonds is 11. The summed E-state index contributed by atoms with van der Waals surface area (Å²) in [6.45, 7) is 2.98. The highest BCUT2D eigenvalue weighted by Crippen LogP contribution is 2.41. The SMILES string of the molecule is CC(C)(CO)c1ccc(S(=O)(=O)Nc2nc(-c3ncccn3)nc(OCCO)c2Oc2ccccc2O)cc1. The zero-order valence-electron chi connectivity index (χ0n) is 21.1. The molecule has 4 aromatic rings. The molecule has 0 aliphatic rings. The Morgan fingerprint density at radius 3 is 2.26 bits per heavy atom. The zero-order valence-corrected chi connectivity index (χ0v) is 22.0. The van der Waals surface area contributed by atoms with Crippen LogP contribution in [0.2, 0.25) is 0 Å². The van der Waals surface area contributed by atoms with Crippen LogP contribution in [0.3, 0.4) is 0 Å². The first-order chi connectivity index (χ1) is 18.6. The second-order valence-corrected chi connectivity index (χ2v) is 10.6. The molecule has 0 bridgehead atoms. The molecule has 12 nitrogen and oxygen atoms in total. The molecule has 0 saturated carbocycles. The molecule has 13 heteroatoms. The van der Waals surface area contributed by atoms with Crippen LogP contribution in [0.4, 0.5) is 5.82 Å². The summed E-state index contributed by atoms with van der Waals surface area (Å²) in [7, 11) is -4.23. The fourth-order valence-electron chi connectivity index (χ4n) is 3.36. The summed E-state index contributed by atoms with van der Waals surface area (Å²) in [5, 5.41) is 29.2. The van der Waals surface area contributed by atoms with Crippen LogP contribution in [0.5, 0.6) is 23.1 Å². The van der Waals surface area contributed by atoms with Crippen molar-refractivity contribution in [1.82, 2.24) is 19.9 Å². The van der Waals surface area contributed by atoms with Crippen molar-refractivity contribution in [3.8, 4) is 34.8 Å². The maximum atomic E-state index is 13.4. The molecule has 2 aromatic carbocycles. The van der Waals surface area contributed by atoms with E-state index in [1.165, 1.54) is 36.7 Å². The molecule has 0 saturated heterocycles. The summed E-state index contributed by atoms with van der Waals surface area (Å²) in [5.41, 5.74) is 0.183. The first kappa shape index (κ1) is 27.7. The Labute approximate surface area is 225 Å². The van der Waals surface area contributed by atoms with Gasteiger partial charge in [-0.05, 0) is 35.9 Å². The highest BCUT2D eigenvalue weighted by Gasteiger charge is 2.26. The summed E-state index contributed by atoms with van der Waals surface area (Å²) in [5.74, 6) is -1.04. The number of phenols is 1. The maximum Gasteiger partial charge on any atom is 0.263 e. The second-order valence-electron chi connectivity index (χ2n) is 8.92. The van der Waals surface area contributed by atoms with Crippen LogP contribution < -0.4 is 14.2 Å². The largest absolute Gasteiger partial charge is 0.504 e. The lowest BCUT2D eigenvalue weighted by Gasteiger charge is -2.22. The number of anilines is 1. The maximum absolute atomic E-state index is 13.4. The Bertz CT molecular complexity index is 1530. The van der Waals surface area contributed by atoms with Gasteiger partial charge in [0.2, 0.25) is 11.6 Å². The number of nitrogens with one attached hydrogen (secondary N) is 1. The van der Waals surface area contributed by atoms with Gasteiger partial charge >= 0.3 is 0 Å². The van der Waals surface area contributed by atoms with Crippen molar-refractivity contribution in [2.75, 3.05) is 24.5 Å². The molecule has 0 radical (unpaired) electrons. The van der Waals surface area contributed by atoms with E-state index in [-0.39, 0.29) is 65.3 Å². The van der Waals surface area contributed by atoms with E-state index in [1.54, 1.807) is 30.3 Å². The Morgan fingerprint density at radius 2 is 1.62 bits per heavy atom. The van der Waals surface area contributed by atoms with Crippen LogP contribution in [0.25, 0.3) is 11.6 Å². The van der Waals surface area contributed by atoms with Crippen molar-refractivity contribution >= 4 is 15.8 Å². The predicted octanol–water partition coefficient (Wildman–Crippen LogP) is 2.87. The Balaban J connectivity index is 1.83. The standard InChI is InChI=1S/C26H27N5O7S/c1-26(2,16-33)17-8-10-18(11-9-17)39(35,36)31-22-21(38-20-7-4-3-6-19(20)34)25(37-15-14-32)30-24(29-22)23-27-12-5-13-28-23/h3-13,32-34H,14-16H2,1-2H3,(H,29,30,31). The van der Waals surface area contributed by atoms with Crippen LogP contribution >= 0.6 is 0 Å². The van der Waals surface area contributed by atoms with Crippen LogP contribution in [0.1, 0.15) is 19.4 Å². The number of aliphatic hydroxyl groups excluding tert-OH is 2. The summed E-state index contributed by atoms with van der Waals surface area (Å²) >= 11 is 0. The van der Waals surface area contributed by atoms with Gasteiger partial charge in [-0.1, -0.05) is 38.1 Å². The van der Waals surface area contributed by atoms with Crippen molar-refractivity contribution in [2.45, 2.75) is 24.2 Å². The highest BCUT2D eigenvalue weighted by molar-refractivity contribution is 7.92. The van der Waals surface area contributed by atoms with E-state index >= 15 is 0 Å². The molecule has 0 unspecified atom stereocenters. The number of aliphatic hydroxyl groups is 2. The van der Waals surface area contributed by atoms with E-state index in [9.17, 15) is 23.7 Å². The number of para-hydroxylation sites is 2. The van der Waals surface area contributed by atoms with E-state index in [4.69, 9.17) is 9.47 Å².